The van der Waals surface area contributed by atoms with Crippen LogP contribution in [0.4, 0.5) is 5.13 Å². The number of amides is 2. The average molecular weight is 459 g/mol. The lowest BCUT2D eigenvalue weighted by Gasteiger charge is -2.34. The number of piperidine rings is 1. The van der Waals surface area contributed by atoms with Gasteiger partial charge < -0.3 is 20.0 Å². The highest BCUT2D eigenvalue weighted by Gasteiger charge is 2.23. The maximum Gasteiger partial charge on any atom is 0.223 e. The van der Waals surface area contributed by atoms with Gasteiger partial charge in [-0.1, -0.05) is 18.3 Å². The lowest BCUT2D eigenvalue weighted by Crippen LogP contribution is -2.49. The first-order valence-corrected chi connectivity index (χ1v) is 12.6. The van der Waals surface area contributed by atoms with E-state index in [1.807, 2.05) is 17.0 Å². The summed E-state index contributed by atoms with van der Waals surface area (Å²) in [7, 11) is 0. The van der Waals surface area contributed by atoms with Crippen LogP contribution in [0.3, 0.4) is 0 Å². The summed E-state index contributed by atoms with van der Waals surface area (Å²) in [5.74, 6) is 0.823. The van der Waals surface area contributed by atoms with Crippen LogP contribution in [0.2, 0.25) is 0 Å². The number of carbonyl (C=O) groups excluding carboxylic acids is 2. The van der Waals surface area contributed by atoms with Gasteiger partial charge in [0, 0.05) is 58.3 Å². The van der Waals surface area contributed by atoms with Gasteiger partial charge >= 0.3 is 0 Å². The number of carbonyl (C=O) groups is 2. The zero-order chi connectivity index (χ0) is 22.3. The van der Waals surface area contributed by atoms with Crippen molar-refractivity contribution in [1.82, 2.24) is 25.1 Å². The SMILES string of the molecule is C[C@@H]1CCCN(CCCNC(=O)CCC(=O)N2CCN(c3nc4cccnc4s3)CC2)C1. The van der Waals surface area contributed by atoms with E-state index in [2.05, 4.69) is 32.0 Å². The summed E-state index contributed by atoms with van der Waals surface area (Å²) in [5.41, 5.74) is 0.919. The van der Waals surface area contributed by atoms with E-state index in [9.17, 15) is 9.59 Å². The van der Waals surface area contributed by atoms with E-state index >= 15 is 0 Å². The van der Waals surface area contributed by atoms with Crippen molar-refractivity contribution in [3.8, 4) is 0 Å². The Kier molecular flexibility index (Phi) is 7.91. The summed E-state index contributed by atoms with van der Waals surface area (Å²) < 4.78 is 0. The molecule has 32 heavy (non-hydrogen) atoms. The summed E-state index contributed by atoms with van der Waals surface area (Å²) in [4.78, 5) is 41.2. The smallest absolute Gasteiger partial charge is 0.223 e. The fourth-order valence-electron chi connectivity index (χ4n) is 4.53. The number of thiazole rings is 1. The molecule has 0 aromatic carbocycles. The van der Waals surface area contributed by atoms with Gasteiger partial charge in [0.25, 0.3) is 0 Å². The third kappa shape index (κ3) is 6.16. The van der Waals surface area contributed by atoms with Gasteiger partial charge in [-0.3, -0.25) is 9.59 Å². The molecule has 0 bridgehead atoms. The summed E-state index contributed by atoms with van der Waals surface area (Å²) in [6.07, 6.45) is 5.91. The minimum atomic E-state index is -0.0222. The molecule has 1 atom stereocenters. The average Bonchev–Trinajstić information content (AvgIpc) is 3.25. The van der Waals surface area contributed by atoms with Crippen LogP contribution in [0.1, 0.15) is 39.0 Å². The van der Waals surface area contributed by atoms with Crippen molar-refractivity contribution < 1.29 is 9.59 Å². The number of anilines is 1. The van der Waals surface area contributed by atoms with E-state index in [1.165, 1.54) is 25.9 Å². The molecule has 2 amide bonds. The van der Waals surface area contributed by atoms with Crippen molar-refractivity contribution in [2.75, 3.05) is 57.3 Å². The molecule has 2 aliphatic rings. The van der Waals surface area contributed by atoms with Crippen molar-refractivity contribution in [3.05, 3.63) is 18.3 Å². The number of nitrogens with one attached hydrogen (secondary N) is 1. The lowest BCUT2D eigenvalue weighted by atomic mass is 10.0. The number of likely N-dealkylation sites (tertiary alicyclic amines) is 1. The van der Waals surface area contributed by atoms with Crippen LogP contribution >= 0.6 is 11.3 Å². The predicted molar refractivity (Wildman–Crippen MR) is 128 cm³/mol. The normalized spacial score (nSPS) is 20.0. The summed E-state index contributed by atoms with van der Waals surface area (Å²) in [6, 6.07) is 3.87. The van der Waals surface area contributed by atoms with Crippen LogP contribution in [0.25, 0.3) is 10.3 Å². The number of piperazine rings is 1. The van der Waals surface area contributed by atoms with Crippen molar-refractivity contribution in [2.45, 2.75) is 39.0 Å². The Labute approximate surface area is 194 Å². The molecule has 1 N–H and O–H groups in total. The predicted octanol–water partition coefficient (Wildman–Crippen LogP) is 2.36. The van der Waals surface area contributed by atoms with Gasteiger partial charge in [0.15, 0.2) is 5.13 Å². The van der Waals surface area contributed by atoms with Crippen molar-refractivity contribution >= 4 is 38.6 Å². The van der Waals surface area contributed by atoms with Crippen LogP contribution in [0.15, 0.2) is 18.3 Å². The molecule has 4 rings (SSSR count). The molecule has 2 saturated heterocycles. The molecule has 2 fully saturated rings. The van der Waals surface area contributed by atoms with Gasteiger partial charge in [-0.2, -0.15) is 0 Å². The number of rotatable bonds is 8. The molecule has 0 spiro atoms. The van der Waals surface area contributed by atoms with Crippen LogP contribution in [0, 0.1) is 5.92 Å². The molecule has 8 nitrogen and oxygen atoms in total. The fourth-order valence-corrected chi connectivity index (χ4v) is 5.49. The van der Waals surface area contributed by atoms with E-state index in [1.54, 1.807) is 17.5 Å². The van der Waals surface area contributed by atoms with Gasteiger partial charge in [-0.25, -0.2) is 9.97 Å². The largest absolute Gasteiger partial charge is 0.356 e. The molecule has 2 aromatic heterocycles. The molecule has 4 heterocycles. The maximum atomic E-state index is 12.6. The van der Waals surface area contributed by atoms with E-state index in [0.29, 0.717) is 19.6 Å². The van der Waals surface area contributed by atoms with Gasteiger partial charge in [-0.15, -0.1) is 0 Å². The molecular weight excluding hydrogens is 424 g/mol. The standard InChI is InChI=1S/C23H34N6O2S/c1-18-5-3-11-27(17-18)12-4-10-24-20(30)7-8-21(31)28-13-15-29(16-14-28)23-26-19-6-2-9-25-22(19)32-23/h2,6,9,18H,3-5,7-8,10-17H2,1H3,(H,24,30)/t18-/m1/s1. The second-order valence-corrected chi connectivity index (χ2v) is 9.90. The zero-order valence-corrected chi connectivity index (χ0v) is 19.8. The lowest BCUT2D eigenvalue weighted by molar-refractivity contribution is -0.133. The summed E-state index contributed by atoms with van der Waals surface area (Å²) in [6.45, 7) is 9.23. The van der Waals surface area contributed by atoms with E-state index in [0.717, 1.165) is 47.5 Å². The third-order valence-electron chi connectivity index (χ3n) is 6.34. The minimum Gasteiger partial charge on any atom is -0.356 e. The second-order valence-electron chi connectivity index (χ2n) is 8.94. The van der Waals surface area contributed by atoms with E-state index in [4.69, 9.17) is 0 Å². The molecular formula is C23H34N6O2S. The Balaban J connectivity index is 1.11. The minimum absolute atomic E-state index is 0.0222. The highest BCUT2D eigenvalue weighted by Crippen LogP contribution is 2.27. The number of nitrogens with zero attached hydrogens (tertiary/aromatic N) is 5. The number of hydrogen-bond acceptors (Lipinski definition) is 7. The Bertz CT molecular complexity index is 878. The van der Waals surface area contributed by atoms with Crippen LogP contribution in [-0.2, 0) is 9.59 Å². The van der Waals surface area contributed by atoms with Crippen LogP contribution in [0.5, 0.6) is 0 Å². The van der Waals surface area contributed by atoms with Crippen molar-refractivity contribution in [3.63, 3.8) is 0 Å². The first-order chi connectivity index (χ1) is 15.6. The summed E-state index contributed by atoms with van der Waals surface area (Å²) in [5, 5.41) is 3.94. The monoisotopic (exact) mass is 458 g/mol. The highest BCUT2D eigenvalue weighted by atomic mass is 32.1. The Morgan fingerprint density at radius 1 is 1.19 bits per heavy atom. The van der Waals surface area contributed by atoms with Crippen LogP contribution < -0.4 is 10.2 Å². The fraction of sp³-hybridized carbons (Fsp3) is 0.652. The number of aromatic nitrogens is 2. The van der Waals surface area contributed by atoms with Gasteiger partial charge in [-0.05, 0) is 50.4 Å². The molecule has 0 aliphatic carbocycles. The first-order valence-electron chi connectivity index (χ1n) is 11.8. The van der Waals surface area contributed by atoms with Gasteiger partial charge in [0.2, 0.25) is 11.8 Å². The molecule has 0 saturated carbocycles. The van der Waals surface area contributed by atoms with E-state index in [-0.39, 0.29) is 24.7 Å². The number of pyridine rings is 1. The second kappa shape index (κ2) is 11.0. The van der Waals surface area contributed by atoms with Crippen LogP contribution in [-0.4, -0.2) is 83.9 Å². The zero-order valence-electron chi connectivity index (χ0n) is 19.0. The first kappa shape index (κ1) is 22.9. The Hall–Kier alpha value is -2.26. The molecule has 0 radical (unpaired) electrons. The Morgan fingerprint density at radius 3 is 2.81 bits per heavy atom. The molecule has 9 heteroatoms. The number of fused-ring (bicyclic) bond motifs is 1. The maximum absolute atomic E-state index is 12.6. The molecule has 174 valence electrons. The number of hydrogen-bond donors (Lipinski definition) is 1. The van der Waals surface area contributed by atoms with Crippen molar-refractivity contribution in [2.24, 2.45) is 5.92 Å². The molecule has 2 aromatic rings. The van der Waals surface area contributed by atoms with E-state index < -0.39 is 0 Å². The molecule has 0 unspecified atom stereocenters. The summed E-state index contributed by atoms with van der Waals surface area (Å²) >= 11 is 1.59. The van der Waals surface area contributed by atoms with Gasteiger partial charge in [0.1, 0.15) is 10.3 Å². The third-order valence-corrected chi connectivity index (χ3v) is 7.38. The topological polar surface area (TPSA) is 81.7 Å². The quantitative estimate of drug-likeness (QED) is 0.612. The van der Waals surface area contributed by atoms with Gasteiger partial charge in [0.05, 0.1) is 0 Å². The van der Waals surface area contributed by atoms with Crippen molar-refractivity contribution in [1.29, 1.82) is 0 Å². The highest BCUT2D eigenvalue weighted by molar-refractivity contribution is 7.21. The molecule has 2 aliphatic heterocycles. The Morgan fingerprint density at radius 2 is 2.03 bits per heavy atom.